The van der Waals surface area contributed by atoms with Gasteiger partial charge in [-0.3, -0.25) is 4.79 Å². The molecule has 2 rings (SSSR count). The van der Waals surface area contributed by atoms with Gasteiger partial charge in [0.1, 0.15) is 0 Å². The second-order valence-electron chi connectivity index (χ2n) is 4.78. The van der Waals surface area contributed by atoms with Gasteiger partial charge in [-0.05, 0) is 49.5 Å². The van der Waals surface area contributed by atoms with Crippen molar-refractivity contribution in [3.8, 4) is 0 Å². The molecular formula is C10H17NO2. The van der Waals surface area contributed by atoms with Gasteiger partial charge in [0.2, 0.25) is 0 Å². The Morgan fingerprint density at radius 2 is 1.92 bits per heavy atom. The summed E-state index contributed by atoms with van der Waals surface area (Å²) in [6.45, 7) is 0.548. The van der Waals surface area contributed by atoms with E-state index in [-0.39, 0.29) is 11.8 Å². The van der Waals surface area contributed by atoms with Crippen LogP contribution in [0.15, 0.2) is 0 Å². The summed E-state index contributed by atoms with van der Waals surface area (Å²) in [7, 11) is 0. The van der Waals surface area contributed by atoms with E-state index in [1.165, 1.54) is 12.8 Å². The molecule has 0 aromatic rings. The molecule has 0 saturated heterocycles. The first-order valence-corrected chi connectivity index (χ1v) is 5.07. The predicted molar refractivity (Wildman–Crippen MR) is 49.2 cm³/mol. The van der Waals surface area contributed by atoms with Gasteiger partial charge in [0.15, 0.2) is 0 Å². The van der Waals surface area contributed by atoms with Crippen LogP contribution >= 0.6 is 0 Å². The fourth-order valence-corrected chi connectivity index (χ4v) is 3.08. The summed E-state index contributed by atoms with van der Waals surface area (Å²) in [6.07, 6.45) is 4.98. The van der Waals surface area contributed by atoms with E-state index in [0.29, 0.717) is 6.54 Å². The van der Waals surface area contributed by atoms with Crippen LogP contribution in [0, 0.1) is 17.3 Å². The lowest BCUT2D eigenvalue weighted by molar-refractivity contribution is -0.139. The molecule has 13 heavy (non-hydrogen) atoms. The average molecular weight is 183 g/mol. The van der Waals surface area contributed by atoms with Crippen LogP contribution in [0.4, 0.5) is 0 Å². The van der Waals surface area contributed by atoms with E-state index in [0.717, 1.165) is 24.7 Å². The minimum Gasteiger partial charge on any atom is -0.481 e. The Balaban J connectivity index is 2.03. The summed E-state index contributed by atoms with van der Waals surface area (Å²) in [5, 5.41) is 8.81. The zero-order valence-electron chi connectivity index (χ0n) is 7.83. The van der Waals surface area contributed by atoms with Crippen molar-refractivity contribution in [1.29, 1.82) is 0 Å². The SMILES string of the molecule is NCC1(CC(=O)O)C[C@@H]2CC[C@H]2C1. The maximum absolute atomic E-state index is 10.7. The summed E-state index contributed by atoms with van der Waals surface area (Å²) in [4.78, 5) is 10.7. The van der Waals surface area contributed by atoms with Crippen LogP contribution in [0.25, 0.3) is 0 Å². The lowest BCUT2D eigenvalue weighted by Crippen LogP contribution is -2.30. The minimum atomic E-state index is -0.688. The Kier molecular flexibility index (Phi) is 2.06. The van der Waals surface area contributed by atoms with E-state index >= 15 is 0 Å². The molecule has 2 saturated carbocycles. The van der Waals surface area contributed by atoms with E-state index in [2.05, 4.69) is 0 Å². The fraction of sp³-hybridized carbons (Fsp3) is 0.900. The van der Waals surface area contributed by atoms with Crippen LogP contribution in [0.2, 0.25) is 0 Å². The van der Waals surface area contributed by atoms with E-state index in [1.54, 1.807) is 0 Å². The van der Waals surface area contributed by atoms with Crippen LogP contribution in [-0.2, 0) is 4.79 Å². The summed E-state index contributed by atoms with van der Waals surface area (Å²) in [6, 6.07) is 0. The number of carboxylic acids is 1. The molecule has 0 radical (unpaired) electrons. The quantitative estimate of drug-likeness (QED) is 0.691. The first-order chi connectivity index (χ1) is 6.15. The van der Waals surface area contributed by atoms with Crippen molar-refractivity contribution in [2.45, 2.75) is 32.1 Å². The predicted octanol–water partition coefficient (Wildman–Crippen LogP) is 1.23. The molecule has 0 aromatic carbocycles. The molecule has 2 atom stereocenters. The Bertz CT molecular complexity index is 215. The number of rotatable bonds is 3. The molecule has 3 nitrogen and oxygen atoms in total. The number of aliphatic carboxylic acids is 1. The van der Waals surface area contributed by atoms with Crippen LogP contribution in [0.3, 0.4) is 0 Å². The highest BCUT2D eigenvalue weighted by Gasteiger charge is 2.49. The molecule has 3 N–H and O–H groups in total. The van der Waals surface area contributed by atoms with Crippen molar-refractivity contribution in [3.05, 3.63) is 0 Å². The van der Waals surface area contributed by atoms with Gasteiger partial charge in [-0.2, -0.15) is 0 Å². The first kappa shape index (κ1) is 9.00. The first-order valence-electron chi connectivity index (χ1n) is 5.07. The van der Waals surface area contributed by atoms with Crippen molar-refractivity contribution in [1.82, 2.24) is 0 Å². The Morgan fingerprint density at radius 3 is 2.23 bits per heavy atom. The normalized spacial score (nSPS) is 35.2. The lowest BCUT2D eigenvalue weighted by Gasteiger charge is -2.29. The van der Waals surface area contributed by atoms with Crippen molar-refractivity contribution in [3.63, 3.8) is 0 Å². The van der Waals surface area contributed by atoms with Gasteiger partial charge in [0, 0.05) is 0 Å². The zero-order valence-corrected chi connectivity index (χ0v) is 7.83. The summed E-state index contributed by atoms with van der Waals surface area (Å²) in [5.74, 6) is 0.901. The van der Waals surface area contributed by atoms with Crippen LogP contribution < -0.4 is 5.73 Å². The van der Waals surface area contributed by atoms with Gasteiger partial charge in [-0.25, -0.2) is 0 Å². The number of hydrogen-bond acceptors (Lipinski definition) is 2. The van der Waals surface area contributed by atoms with Crippen molar-refractivity contribution in [2.75, 3.05) is 6.54 Å². The number of nitrogens with two attached hydrogens (primary N) is 1. The van der Waals surface area contributed by atoms with Gasteiger partial charge < -0.3 is 10.8 Å². The molecular weight excluding hydrogens is 166 g/mol. The third-order valence-corrected chi connectivity index (χ3v) is 3.92. The molecule has 0 amide bonds. The molecule has 0 bridgehead atoms. The van der Waals surface area contributed by atoms with E-state index < -0.39 is 5.97 Å². The van der Waals surface area contributed by atoms with Crippen LogP contribution in [0.5, 0.6) is 0 Å². The van der Waals surface area contributed by atoms with Crippen LogP contribution in [-0.4, -0.2) is 17.6 Å². The molecule has 0 spiro atoms. The van der Waals surface area contributed by atoms with Gasteiger partial charge in [0.05, 0.1) is 6.42 Å². The third-order valence-electron chi connectivity index (χ3n) is 3.92. The highest BCUT2D eigenvalue weighted by molar-refractivity contribution is 5.67. The molecule has 0 heterocycles. The smallest absolute Gasteiger partial charge is 0.303 e. The minimum absolute atomic E-state index is 0.0579. The van der Waals surface area contributed by atoms with Crippen LogP contribution in [0.1, 0.15) is 32.1 Å². The highest BCUT2D eigenvalue weighted by atomic mass is 16.4. The van der Waals surface area contributed by atoms with Crippen molar-refractivity contribution in [2.24, 2.45) is 23.0 Å². The maximum Gasteiger partial charge on any atom is 0.303 e. The van der Waals surface area contributed by atoms with Crippen molar-refractivity contribution >= 4 is 5.97 Å². The van der Waals surface area contributed by atoms with Gasteiger partial charge in [0.25, 0.3) is 0 Å². The van der Waals surface area contributed by atoms with Crippen molar-refractivity contribution < 1.29 is 9.90 Å². The Morgan fingerprint density at radius 1 is 1.38 bits per heavy atom. The topological polar surface area (TPSA) is 63.3 Å². The highest BCUT2D eigenvalue weighted by Crippen LogP contribution is 2.56. The van der Waals surface area contributed by atoms with Gasteiger partial charge in [-0.1, -0.05) is 0 Å². The summed E-state index contributed by atoms with van der Waals surface area (Å²) in [5.41, 5.74) is 5.65. The molecule has 3 heteroatoms. The third kappa shape index (κ3) is 1.46. The Hall–Kier alpha value is -0.570. The molecule has 0 aliphatic heterocycles. The van der Waals surface area contributed by atoms with E-state index in [9.17, 15) is 4.79 Å². The van der Waals surface area contributed by atoms with Gasteiger partial charge >= 0.3 is 5.97 Å². The number of carboxylic acid groups (broad SMARTS) is 1. The molecule has 2 fully saturated rings. The summed E-state index contributed by atoms with van der Waals surface area (Å²) < 4.78 is 0. The maximum atomic E-state index is 10.7. The second kappa shape index (κ2) is 2.98. The van der Waals surface area contributed by atoms with Gasteiger partial charge in [-0.15, -0.1) is 0 Å². The second-order valence-corrected chi connectivity index (χ2v) is 4.78. The fourth-order valence-electron chi connectivity index (χ4n) is 3.08. The van der Waals surface area contributed by atoms with E-state index in [1.807, 2.05) is 0 Å². The Labute approximate surface area is 78.3 Å². The van der Waals surface area contributed by atoms with E-state index in [4.69, 9.17) is 10.8 Å². The largest absolute Gasteiger partial charge is 0.481 e. The monoisotopic (exact) mass is 183 g/mol. The molecule has 2 aliphatic rings. The average Bonchev–Trinajstić information content (AvgIpc) is 2.28. The zero-order chi connectivity index (χ0) is 9.47. The molecule has 0 unspecified atom stereocenters. The summed E-state index contributed by atoms with van der Waals surface area (Å²) >= 11 is 0. The standard InChI is InChI=1S/C10H17NO2/c11-6-10(5-9(12)13)3-7-1-2-8(7)4-10/h7-8H,1-6,11H2,(H,12,13)/t7-,8-/m0/s1. The number of carbonyl (C=O) groups is 1. The molecule has 2 aliphatic carbocycles. The lowest BCUT2D eigenvalue weighted by atomic mass is 9.77. The molecule has 0 aromatic heterocycles. The molecule has 74 valence electrons. The number of fused-ring (bicyclic) bond motifs is 1. The number of hydrogen-bond donors (Lipinski definition) is 2.